The Balaban J connectivity index is 2.09. The summed E-state index contributed by atoms with van der Waals surface area (Å²) in [5.74, 6) is 1.35. The number of carbonyl (C=O) groups excluding carboxylic acids is 1. The number of aromatic nitrogens is 2. The van der Waals surface area contributed by atoms with Crippen LogP contribution in [0, 0.1) is 0 Å². The number of hydrogen-bond donors (Lipinski definition) is 1. The molecule has 6 nitrogen and oxygen atoms in total. The molecule has 0 saturated carbocycles. The summed E-state index contributed by atoms with van der Waals surface area (Å²) < 4.78 is 10.7. The van der Waals surface area contributed by atoms with E-state index in [1.807, 2.05) is 29.6 Å². The van der Waals surface area contributed by atoms with Crippen LogP contribution in [0.1, 0.15) is 6.92 Å². The van der Waals surface area contributed by atoms with Gasteiger partial charge >= 0.3 is 0 Å². The Morgan fingerprint density at radius 1 is 1.26 bits per heavy atom. The van der Waals surface area contributed by atoms with Crippen molar-refractivity contribution in [3.63, 3.8) is 0 Å². The fourth-order valence-corrected chi connectivity index (χ4v) is 3.03. The van der Waals surface area contributed by atoms with Crippen LogP contribution in [0.3, 0.4) is 0 Å². The van der Waals surface area contributed by atoms with E-state index in [4.69, 9.17) is 9.47 Å². The van der Waals surface area contributed by atoms with Gasteiger partial charge in [0.15, 0.2) is 5.13 Å². The highest BCUT2D eigenvalue weighted by molar-refractivity contribution is 7.14. The SMILES string of the molecule is COc1ccc2c(OC)cc(-c3csc(NC(C)=O)n3)[nH+]c2c1. The van der Waals surface area contributed by atoms with Crippen LogP contribution in [-0.2, 0) is 4.79 Å². The number of aromatic amines is 1. The molecule has 3 rings (SSSR count). The number of ether oxygens (including phenoxy) is 2. The number of thiazole rings is 1. The zero-order chi connectivity index (χ0) is 16.4. The predicted octanol–water partition coefficient (Wildman–Crippen LogP) is 2.75. The highest BCUT2D eigenvalue weighted by Crippen LogP contribution is 2.30. The first-order valence-electron chi connectivity index (χ1n) is 6.92. The number of H-pyrrole nitrogens is 1. The number of benzene rings is 1. The third-order valence-corrected chi connectivity index (χ3v) is 4.08. The Labute approximate surface area is 137 Å². The molecule has 0 saturated heterocycles. The summed E-state index contributed by atoms with van der Waals surface area (Å²) in [5.41, 5.74) is 2.42. The van der Waals surface area contributed by atoms with Gasteiger partial charge in [-0.25, -0.2) is 9.97 Å². The van der Waals surface area contributed by atoms with Crippen molar-refractivity contribution in [2.24, 2.45) is 0 Å². The maximum atomic E-state index is 11.1. The first kappa shape index (κ1) is 15.2. The van der Waals surface area contributed by atoms with E-state index in [-0.39, 0.29) is 5.91 Å². The number of anilines is 1. The molecule has 23 heavy (non-hydrogen) atoms. The Bertz CT molecular complexity index is 876. The molecule has 0 aliphatic carbocycles. The summed E-state index contributed by atoms with van der Waals surface area (Å²) in [6, 6.07) is 7.62. The third-order valence-electron chi connectivity index (χ3n) is 3.32. The first-order valence-corrected chi connectivity index (χ1v) is 7.80. The Kier molecular flexibility index (Phi) is 4.12. The summed E-state index contributed by atoms with van der Waals surface area (Å²) in [4.78, 5) is 18.9. The van der Waals surface area contributed by atoms with Crippen LogP contribution in [0.15, 0.2) is 29.6 Å². The van der Waals surface area contributed by atoms with Crippen molar-refractivity contribution in [1.29, 1.82) is 0 Å². The number of nitrogens with zero attached hydrogens (tertiary/aromatic N) is 1. The molecule has 118 valence electrons. The number of pyridine rings is 1. The maximum absolute atomic E-state index is 11.1. The lowest BCUT2D eigenvalue weighted by Gasteiger charge is -2.05. The first-order chi connectivity index (χ1) is 11.1. The summed E-state index contributed by atoms with van der Waals surface area (Å²) in [7, 11) is 3.26. The van der Waals surface area contributed by atoms with Gasteiger partial charge in [0.25, 0.3) is 0 Å². The number of fused-ring (bicyclic) bond motifs is 1. The molecular formula is C16H16N3O3S+. The molecule has 0 bridgehead atoms. The van der Waals surface area contributed by atoms with Crippen LogP contribution in [-0.4, -0.2) is 25.1 Å². The molecule has 0 unspecified atom stereocenters. The van der Waals surface area contributed by atoms with Crippen LogP contribution in [0.25, 0.3) is 22.3 Å². The molecule has 0 radical (unpaired) electrons. The van der Waals surface area contributed by atoms with Crippen LogP contribution >= 0.6 is 11.3 Å². The zero-order valence-electron chi connectivity index (χ0n) is 13.0. The molecule has 3 aromatic rings. The van der Waals surface area contributed by atoms with Gasteiger partial charge in [-0.3, -0.25) is 4.79 Å². The van der Waals surface area contributed by atoms with Gasteiger partial charge in [0.05, 0.1) is 31.7 Å². The number of amides is 1. The van der Waals surface area contributed by atoms with E-state index in [0.717, 1.165) is 33.8 Å². The van der Waals surface area contributed by atoms with Crippen LogP contribution in [0.2, 0.25) is 0 Å². The van der Waals surface area contributed by atoms with Gasteiger partial charge in [-0.05, 0) is 12.1 Å². The second-order valence-corrected chi connectivity index (χ2v) is 5.74. The quantitative estimate of drug-likeness (QED) is 0.798. The van der Waals surface area contributed by atoms with Crippen molar-refractivity contribution in [3.8, 4) is 22.9 Å². The fraction of sp³-hybridized carbons (Fsp3) is 0.188. The topological polar surface area (TPSA) is 74.6 Å². The van der Waals surface area contributed by atoms with Crippen molar-refractivity contribution < 1.29 is 19.3 Å². The van der Waals surface area contributed by atoms with Gasteiger partial charge in [0.2, 0.25) is 17.1 Å². The van der Waals surface area contributed by atoms with Gasteiger partial charge in [-0.2, -0.15) is 0 Å². The zero-order valence-corrected chi connectivity index (χ0v) is 13.8. The molecule has 2 aromatic heterocycles. The maximum Gasteiger partial charge on any atom is 0.234 e. The Morgan fingerprint density at radius 2 is 2.09 bits per heavy atom. The summed E-state index contributed by atoms with van der Waals surface area (Å²) in [6.07, 6.45) is 0. The minimum atomic E-state index is -0.143. The smallest absolute Gasteiger partial charge is 0.234 e. The molecular weight excluding hydrogens is 314 g/mol. The number of methoxy groups -OCH3 is 2. The van der Waals surface area contributed by atoms with E-state index < -0.39 is 0 Å². The van der Waals surface area contributed by atoms with E-state index in [2.05, 4.69) is 15.3 Å². The molecule has 0 aliphatic rings. The van der Waals surface area contributed by atoms with Gasteiger partial charge in [0, 0.05) is 12.3 Å². The number of nitrogens with one attached hydrogen (secondary N) is 2. The molecule has 1 aromatic carbocycles. The second kappa shape index (κ2) is 6.21. The molecule has 0 atom stereocenters. The second-order valence-electron chi connectivity index (χ2n) is 4.88. The highest BCUT2D eigenvalue weighted by Gasteiger charge is 2.17. The van der Waals surface area contributed by atoms with Gasteiger partial charge in [0.1, 0.15) is 17.2 Å². The summed E-state index contributed by atoms with van der Waals surface area (Å²) in [5, 5.41) is 6.07. The van der Waals surface area contributed by atoms with E-state index >= 15 is 0 Å². The van der Waals surface area contributed by atoms with Crippen molar-refractivity contribution in [1.82, 2.24) is 4.98 Å². The van der Waals surface area contributed by atoms with Crippen LogP contribution < -0.4 is 19.8 Å². The molecule has 0 fully saturated rings. The predicted molar refractivity (Wildman–Crippen MR) is 89.0 cm³/mol. The molecule has 7 heteroatoms. The lowest BCUT2D eigenvalue weighted by molar-refractivity contribution is -0.331. The molecule has 2 N–H and O–H groups in total. The van der Waals surface area contributed by atoms with Gasteiger partial charge in [-0.1, -0.05) is 0 Å². The van der Waals surface area contributed by atoms with Crippen molar-refractivity contribution in [2.75, 3.05) is 19.5 Å². The van der Waals surface area contributed by atoms with Crippen LogP contribution in [0.5, 0.6) is 11.5 Å². The third kappa shape index (κ3) is 3.09. The average molecular weight is 330 g/mol. The highest BCUT2D eigenvalue weighted by atomic mass is 32.1. The van der Waals surface area contributed by atoms with Gasteiger partial charge in [-0.15, -0.1) is 11.3 Å². The average Bonchev–Trinajstić information content (AvgIpc) is 3.00. The molecule has 1 amide bonds. The lowest BCUT2D eigenvalue weighted by Crippen LogP contribution is -2.10. The van der Waals surface area contributed by atoms with Crippen LogP contribution in [0.4, 0.5) is 5.13 Å². The molecule has 0 spiro atoms. The molecule has 0 aliphatic heterocycles. The van der Waals surface area contributed by atoms with E-state index in [9.17, 15) is 4.79 Å². The van der Waals surface area contributed by atoms with E-state index in [1.165, 1.54) is 18.3 Å². The fourth-order valence-electron chi connectivity index (χ4n) is 2.27. The minimum absolute atomic E-state index is 0.143. The summed E-state index contributed by atoms with van der Waals surface area (Å²) >= 11 is 1.37. The number of rotatable bonds is 4. The normalized spacial score (nSPS) is 10.6. The monoisotopic (exact) mass is 330 g/mol. The van der Waals surface area contributed by atoms with Crippen molar-refractivity contribution >= 4 is 33.3 Å². The minimum Gasteiger partial charge on any atom is -0.497 e. The van der Waals surface area contributed by atoms with Crippen molar-refractivity contribution in [2.45, 2.75) is 6.92 Å². The Hall–Kier alpha value is -2.67. The lowest BCUT2D eigenvalue weighted by atomic mass is 10.1. The standard InChI is InChI=1S/C16H15N3O3S/c1-9(20)17-16-19-14(8-23-16)13-7-15(22-3)11-5-4-10(21-2)6-12(11)18-13/h4-8H,1-3H3,(H,17,19,20)/p+1. The van der Waals surface area contributed by atoms with Gasteiger partial charge < -0.3 is 14.8 Å². The Morgan fingerprint density at radius 3 is 2.78 bits per heavy atom. The van der Waals surface area contributed by atoms with E-state index in [1.54, 1.807) is 14.2 Å². The van der Waals surface area contributed by atoms with Crippen molar-refractivity contribution in [3.05, 3.63) is 29.6 Å². The number of hydrogen-bond acceptors (Lipinski definition) is 5. The summed E-state index contributed by atoms with van der Waals surface area (Å²) in [6.45, 7) is 1.46. The largest absolute Gasteiger partial charge is 0.497 e. The van der Waals surface area contributed by atoms with E-state index in [0.29, 0.717) is 5.13 Å². The number of carbonyl (C=O) groups is 1. The molecule has 2 heterocycles.